The van der Waals surface area contributed by atoms with E-state index in [4.69, 9.17) is 5.11 Å². The topological polar surface area (TPSA) is 86.7 Å². The van der Waals surface area contributed by atoms with E-state index < -0.39 is 17.9 Å². The Hall–Kier alpha value is -2.37. The van der Waals surface area contributed by atoms with Gasteiger partial charge in [-0.3, -0.25) is 14.9 Å². The van der Waals surface area contributed by atoms with Gasteiger partial charge in [0, 0.05) is 13.1 Å². The number of carbonyl (C=O) groups is 3. The van der Waals surface area contributed by atoms with Crippen LogP contribution in [0.2, 0.25) is 0 Å². The summed E-state index contributed by atoms with van der Waals surface area (Å²) in [4.78, 5) is 36.0. The number of nitrogens with one attached hydrogen (secondary N) is 1. The summed E-state index contributed by atoms with van der Waals surface area (Å²) in [6.45, 7) is 0.725. The highest BCUT2D eigenvalue weighted by Crippen LogP contribution is 2.17. The number of carboxylic acid groups (broad SMARTS) is 1. The number of nitrogens with zero attached hydrogens (tertiary/aromatic N) is 1. The lowest BCUT2D eigenvalue weighted by Crippen LogP contribution is -2.47. The average molecular weight is 290 g/mol. The molecule has 0 bridgehead atoms. The van der Waals surface area contributed by atoms with Crippen LogP contribution >= 0.6 is 0 Å². The first kappa shape index (κ1) is 15.0. The monoisotopic (exact) mass is 290 g/mol. The molecule has 3 amide bonds. The number of aliphatic carboxylic acids is 1. The van der Waals surface area contributed by atoms with E-state index in [9.17, 15) is 14.4 Å². The smallest absolute Gasteiger partial charge is 0.324 e. The minimum atomic E-state index is -0.824. The molecule has 0 saturated carbocycles. The van der Waals surface area contributed by atoms with Crippen molar-refractivity contribution in [3.8, 4) is 0 Å². The molecule has 1 fully saturated rings. The highest BCUT2D eigenvalue weighted by molar-refractivity contribution is 5.95. The number of urea groups is 1. The van der Waals surface area contributed by atoms with Gasteiger partial charge in [-0.25, -0.2) is 4.79 Å². The molecule has 1 saturated heterocycles. The Morgan fingerprint density at radius 2 is 1.76 bits per heavy atom. The van der Waals surface area contributed by atoms with Crippen LogP contribution in [0.1, 0.15) is 18.4 Å². The van der Waals surface area contributed by atoms with Gasteiger partial charge in [0.25, 0.3) is 0 Å². The molecule has 21 heavy (non-hydrogen) atoms. The molecule has 1 heterocycles. The number of amides is 3. The van der Waals surface area contributed by atoms with E-state index in [1.165, 1.54) is 4.90 Å². The van der Waals surface area contributed by atoms with Crippen LogP contribution in [0.25, 0.3) is 0 Å². The van der Waals surface area contributed by atoms with Gasteiger partial charge in [-0.15, -0.1) is 0 Å². The maximum Gasteiger partial charge on any atom is 0.324 e. The second-order valence-corrected chi connectivity index (χ2v) is 5.12. The first-order chi connectivity index (χ1) is 10.1. The van der Waals surface area contributed by atoms with Crippen LogP contribution in [-0.4, -0.2) is 41.0 Å². The second-order valence-electron chi connectivity index (χ2n) is 5.12. The van der Waals surface area contributed by atoms with E-state index in [0.717, 1.165) is 5.56 Å². The zero-order valence-electron chi connectivity index (χ0n) is 11.6. The molecule has 1 aliphatic rings. The Labute approximate surface area is 122 Å². The highest BCUT2D eigenvalue weighted by Gasteiger charge is 2.27. The number of carboxylic acids is 1. The van der Waals surface area contributed by atoms with Crippen molar-refractivity contribution in [2.24, 2.45) is 5.92 Å². The summed E-state index contributed by atoms with van der Waals surface area (Å²) in [5.74, 6) is -1.57. The highest BCUT2D eigenvalue weighted by atomic mass is 16.4. The van der Waals surface area contributed by atoms with Crippen molar-refractivity contribution in [1.82, 2.24) is 10.2 Å². The van der Waals surface area contributed by atoms with Crippen LogP contribution in [0.4, 0.5) is 4.79 Å². The SMILES string of the molecule is O=C(Cc1ccccc1)NC(=O)N1CCC(C(=O)O)CC1. The molecule has 0 atom stereocenters. The molecule has 2 rings (SSSR count). The van der Waals surface area contributed by atoms with E-state index in [1.54, 1.807) is 0 Å². The van der Waals surface area contributed by atoms with Crippen molar-refractivity contribution in [2.45, 2.75) is 19.3 Å². The minimum absolute atomic E-state index is 0.151. The molecule has 0 radical (unpaired) electrons. The molecule has 2 N–H and O–H groups in total. The van der Waals surface area contributed by atoms with Crippen molar-refractivity contribution in [3.63, 3.8) is 0 Å². The number of carbonyl (C=O) groups excluding carboxylic acids is 2. The van der Waals surface area contributed by atoms with Crippen LogP contribution in [-0.2, 0) is 16.0 Å². The first-order valence-corrected chi connectivity index (χ1v) is 6.92. The van der Waals surface area contributed by atoms with Gasteiger partial charge in [0.05, 0.1) is 12.3 Å². The summed E-state index contributed by atoms with van der Waals surface area (Å²) in [5.41, 5.74) is 0.840. The molecule has 1 aromatic carbocycles. The maximum absolute atomic E-state index is 11.9. The molecule has 0 spiro atoms. The molecule has 0 aromatic heterocycles. The van der Waals surface area contributed by atoms with Crippen LogP contribution < -0.4 is 5.32 Å². The molecule has 112 valence electrons. The van der Waals surface area contributed by atoms with Crippen molar-refractivity contribution in [3.05, 3.63) is 35.9 Å². The molecule has 1 aromatic rings. The lowest BCUT2D eigenvalue weighted by molar-refractivity contribution is -0.143. The lowest BCUT2D eigenvalue weighted by Gasteiger charge is -2.29. The summed E-state index contributed by atoms with van der Waals surface area (Å²) in [5, 5.41) is 11.2. The van der Waals surface area contributed by atoms with Crippen LogP contribution in [0, 0.1) is 5.92 Å². The quantitative estimate of drug-likeness (QED) is 0.877. The van der Waals surface area contributed by atoms with Gasteiger partial charge in [-0.05, 0) is 18.4 Å². The summed E-state index contributed by atoms with van der Waals surface area (Å²) in [7, 11) is 0. The first-order valence-electron chi connectivity index (χ1n) is 6.92. The zero-order valence-corrected chi connectivity index (χ0v) is 11.6. The molecule has 0 unspecified atom stereocenters. The van der Waals surface area contributed by atoms with E-state index in [2.05, 4.69) is 5.32 Å². The van der Waals surface area contributed by atoms with E-state index in [0.29, 0.717) is 25.9 Å². The summed E-state index contributed by atoms with van der Waals surface area (Å²) < 4.78 is 0. The molecular weight excluding hydrogens is 272 g/mol. The number of imide groups is 1. The van der Waals surface area contributed by atoms with Crippen molar-refractivity contribution < 1.29 is 19.5 Å². The Morgan fingerprint density at radius 1 is 1.14 bits per heavy atom. The molecule has 6 nitrogen and oxygen atoms in total. The third kappa shape index (κ3) is 4.30. The number of benzene rings is 1. The Kier molecular flexibility index (Phi) is 4.92. The Morgan fingerprint density at radius 3 is 2.33 bits per heavy atom. The summed E-state index contributed by atoms with van der Waals surface area (Å²) in [6, 6.07) is 8.73. The van der Waals surface area contributed by atoms with Gasteiger partial charge in [0.15, 0.2) is 0 Å². The van der Waals surface area contributed by atoms with Crippen molar-refractivity contribution >= 4 is 17.9 Å². The van der Waals surface area contributed by atoms with Gasteiger partial charge in [-0.1, -0.05) is 30.3 Å². The molecular formula is C15H18N2O4. The normalized spacial score (nSPS) is 15.5. The van der Waals surface area contributed by atoms with Crippen LogP contribution in [0.3, 0.4) is 0 Å². The predicted octanol–water partition coefficient (Wildman–Crippen LogP) is 1.26. The number of hydrogen-bond acceptors (Lipinski definition) is 3. The van der Waals surface area contributed by atoms with Gasteiger partial charge in [-0.2, -0.15) is 0 Å². The maximum atomic E-state index is 11.9. The van der Waals surface area contributed by atoms with Gasteiger partial charge < -0.3 is 10.0 Å². The van der Waals surface area contributed by atoms with Crippen molar-refractivity contribution in [1.29, 1.82) is 0 Å². The largest absolute Gasteiger partial charge is 0.481 e. The third-order valence-corrected chi connectivity index (χ3v) is 3.59. The third-order valence-electron chi connectivity index (χ3n) is 3.59. The molecule has 1 aliphatic heterocycles. The lowest BCUT2D eigenvalue weighted by atomic mass is 9.97. The number of hydrogen-bond donors (Lipinski definition) is 2. The molecule has 6 heteroatoms. The van der Waals surface area contributed by atoms with Crippen LogP contribution in [0.15, 0.2) is 30.3 Å². The van der Waals surface area contributed by atoms with Gasteiger partial charge in [0.2, 0.25) is 5.91 Å². The predicted molar refractivity (Wildman–Crippen MR) is 75.6 cm³/mol. The standard InChI is InChI=1S/C15H18N2O4/c18-13(10-11-4-2-1-3-5-11)16-15(21)17-8-6-12(7-9-17)14(19)20/h1-5,12H,6-10H2,(H,19,20)(H,16,18,21). The fourth-order valence-corrected chi connectivity index (χ4v) is 2.35. The minimum Gasteiger partial charge on any atom is -0.481 e. The zero-order chi connectivity index (χ0) is 15.2. The van der Waals surface area contributed by atoms with Crippen LogP contribution in [0.5, 0.6) is 0 Å². The van der Waals surface area contributed by atoms with E-state index in [-0.39, 0.29) is 12.3 Å². The van der Waals surface area contributed by atoms with E-state index >= 15 is 0 Å². The second kappa shape index (κ2) is 6.88. The molecule has 0 aliphatic carbocycles. The Bertz CT molecular complexity index is 522. The van der Waals surface area contributed by atoms with Gasteiger partial charge in [0.1, 0.15) is 0 Å². The van der Waals surface area contributed by atoms with E-state index in [1.807, 2.05) is 30.3 Å². The average Bonchev–Trinajstić information content (AvgIpc) is 2.48. The summed E-state index contributed by atoms with van der Waals surface area (Å²) in [6.07, 6.45) is 1.00. The number of piperidine rings is 1. The number of likely N-dealkylation sites (tertiary alicyclic amines) is 1. The fourth-order valence-electron chi connectivity index (χ4n) is 2.35. The fraction of sp³-hybridized carbons (Fsp3) is 0.400. The van der Waals surface area contributed by atoms with Crippen molar-refractivity contribution in [2.75, 3.05) is 13.1 Å². The number of rotatable bonds is 3. The Balaban J connectivity index is 1.79. The summed E-state index contributed by atoms with van der Waals surface area (Å²) >= 11 is 0. The van der Waals surface area contributed by atoms with Gasteiger partial charge >= 0.3 is 12.0 Å².